The van der Waals surface area contributed by atoms with Crippen LogP contribution in [0.5, 0.6) is 0 Å². The summed E-state index contributed by atoms with van der Waals surface area (Å²) in [6.07, 6.45) is -4.68. The third kappa shape index (κ3) is 4.05. The number of fused-ring (bicyclic) bond motifs is 1. The quantitative estimate of drug-likeness (QED) is 0.721. The van der Waals surface area contributed by atoms with E-state index in [1.807, 2.05) is 0 Å². The number of carbonyl (C=O) groups excluding carboxylic acids is 1. The Bertz CT molecular complexity index is 1040. The number of alkyl halides is 3. The molecule has 0 aliphatic carbocycles. The van der Waals surface area contributed by atoms with Crippen LogP contribution in [0.3, 0.4) is 0 Å². The lowest BCUT2D eigenvalue weighted by Gasteiger charge is -2.22. The Morgan fingerprint density at radius 3 is 2.63 bits per heavy atom. The molecule has 0 aliphatic heterocycles. The molecule has 3 rings (SSSR count). The van der Waals surface area contributed by atoms with Gasteiger partial charge in [0.2, 0.25) is 0 Å². The van der Waals surface area contributed by atoms with Gasteiger partial charge in [0.05, 0.1) is 10.4 Å². The first kappa shape index (κ1) is 19.2. The molecule has 1 N–H and O–H groups in total. The Morgan fingerprint density at radius 2 is 2.00 bits per heavy atom. The second-order valence-corrected chi connectivity index (χ2v) is 7.32. The zero-order valence-electron chi connectivity index (χ0n) is 14.6. The van der Waals surface area contributed by atoms with E-state index >= 15 is 0 Å². The van der Waals surface area contributed by atoms with E-state index in [9.17, 15) is 22.8 Å². The summed E-state index contributed by atoms with van der Waals surface area (Å²) in [5, 5.41) is 4.68. The molecular formula is C19H17F3N2O2S. The maximum atomic E-state index is 13.5. The van der Waals surface area contributed by atoms with Crippen LogP contribution in [0.15, 0.2) is 46.6 Å². The van der Waals surface area contributed by atoms with Crippen molar-refractivity contribution in [3.05, 3.63) is 68.1 Å². The van der Waals surface area contributed by atoms with Crippen molar-refractivity contribution in [2.24, 2.45) is 0 Å². The van der Waals surface area contributed by atoms with Crippen LogP contribution in [-0.4, -0.2) is 16.5 Å². The first-order valence-corrected chi connectivity index (χ1v) is 9.10. The Hall–Kier alpha value is -2.61. The topological polar surface area (TPSA) is 51.1 Å². The number of pyridine rings is 1. The highest BCUT2D eigenvalue weighted by molar-refractivity contribution is 7.12. The van der Waals surface area contributed by atoms with Crippen molar-refractivity contribution in [3.63, 3.8) is 0 Å². The lowest BCUT2D eigenvalue weighted by molar-refractivity contribution is -0.143. The third-order valence-corrected chi connectivity index (χ3v) is 5.00. The molecule has 4 nitrogen and oxygen atoms in total. The molecule has 1 amide bonds. The normalized spacial score (nSPS) is 12.9. The number of rotatable bonds is 4. The monoisotopic (exact) mass is 394 g/mol. The van der Waals surface area contributed by atoms with Gasteiger partial charge in [0.25, 0.3) is 5.91 Å². The van der Waals surface area contributed by atoms with Crippen LogP contribution in [0, 0.1) is 6.92 Å². The Morgan fingerprint density at radius 1 is 1.26 bits per heavy atom. The fraction of sp³-hybridized carbons (Fsp3) is 0.263. The zero-order valence-corrected chi connectivity index (χ0v) is 15.4. The minimum atomic E-state index is -4.68. The number of halogens is 3. The highest BCUT2D eigenvalue weighted by Crippen LogP contribution is 2.31. The molecule has 8 heteroatoms. The minimum Gasteiger partial charge on any atom is -0.347 e. The molecule has 27 heavy (non-hydrogen) atoms. The van der Waals surface area contributed by atoms with E-state index in [1.165, 1.54) is 17.4 Å². The van der Waals surface area contributed by atoms with Gasteiger partial charge in [-0.15, -0.1) is 11.3 Å². The summed E-state index contributed by atoms with van der Waals surface area (Å²) >= 11 is 1.25. The molecule has 142 valence electrons. The molecule has 0 saturated carbocycles. The molecule has 0 radical (unpaired) electrons. The summed E-state index contributed by atoms with van der Waals surface area (Å²) < 4.78 is 41.6. The molecule has 0 bridgehead atoms. The highest BCUT2D eigenvalue weighted by atomic mass is 32.1. The van der Waals surface area contributed by atoms with Gasteiger partial charge in [-0.2, -0.15) is 13.2 Å². The molecule has 0 fully saturated rings. The van der Waals surface area contributed by atoms with Crippen LogP contribution >= 0.6 is 11.3 Å². The Balaban J connectivity index is 2.02. The number of amides is 1. The van der Waals surface area contributed by atoms with Gasteiger partial charge in [0.15, 0.2) is 5.43 Å². The fourth-order valence-electron chi connectivity index (χ4n) is 2.95. The summed E-state index contributed by atoms with van der Waals surface area (Å²) in [5.41, 5.74) is -0.726. The van der Waals surface area contributed by atoms with Crippen molar-refractivity contribution in [3.8, 4) is 0 Å². The SMILES string of the molecule is Cc1ccc2c(c1)c(=O)cc(C(F)(F)F)n2C[C@@H](C)NC(=O)c1cccs1. The predicted octanol–water partition coefficient (Wildman–Crippen LogP) is 4.21. The van der Waals surface area contributed by atoms with Gasteiger partial charge in [-0.25, -0.2) is 0 Å². The van der Waals surface area contributed by atoms with E-state index in [-0.39, 0.29) is 23.4 Å². The highest BCUT2D eigenvalue weighted by Gasteiger charge is 2.35. The van der Waals surface area contributed by atoms with Crippen molar-refractivity contribution in [1.29, 1.82) is 0 Å². The lowest BCUT2D eigenvalue weighted by Crippen LogP contribution is -2.37. The minimum absolute atomic E-state index is 0.119. The lowest BCUT2D eigenvalue weighted by atomic mass is 10.1. The molecular weight excluding hydrogens is 377 g/mol. The number of hydrogen-bond acceptors (Lipinski definition) is 3. The standard InChI is InChI=1S/C19H17F3N2O2S/c1-11-5-6-14-13(8-11)15(25)9-17(19(20,21)22)24(14)10-12(2)23-18(26)16-4-3-7-27-16/h3-9,12H,10H2,1-2H3,(H,23,26)/t12-/m1/s1. The van der Waals surface area contributed by atoms with E-state index < -0.39 is 23.3 Å². The number of carbonyl (C=O) groups is 1. The number of aromatic nitrogens is 1. The summed E-state index contributed by atoms with van der Waals surface area (Å²) in [5.74, 6) is -0.341. The van der Waals surface area contributed by atoms with Crippen molar-refractivity contribution < 1.29 is 18.0 Å². The summed E-state index contributed by atoms with van der Waals surface area (Å²) in [6.45, 7) is 3.28. The fourth-order valence-corrected chi connectivity index (χ4v) is 3.57. The number of aryl methyl sites for hydroxylation is 1. The molecule has 0 saturated heterocycles. The maximum absolute atomic E-state index is 13.5. The number of thiophene rings is 1. The summed E-state index contributed by atoms with van der Waals surface area (Å²) in [4.78, 5) is 24.8. The smallest absolute Gasteiger partial charge is 0.347 e. The number of nitrogens with zero attached hydrogens (tertiary/aromatic N) is 1. The van der Waals surface area contributed by atoms with Crippen LogP contribution in [-0.2, 0) is 12.7 Å². The predicted molar refractivity (Wildman–Crippen MR) is 99.2 cm³/mol. The molecule has 0 aliphatic rings. The van der Waals surface area contributed by atoms with E-state index in [0.29, 0.717) is 10.9 Å². The largest absolute Gasteiger partial charge is 0.431 e. The van der Waals surface area contributed by atoms with Crippen LogP contribution in [0.2, 0.25) is 0 Å². The van der Waals surface area contributed by atoms with Gasteiger partial charge in [0, 0.05) is 24.0 Å². The van der Waals surface area contributed by atoms with Gasteiger partial charge in [-0.05, 0) is 37.4 Å². The molecule has 1 atom stereocenters. The Kier molecular flexibility index (Phi) is 5.10. The first-order chi connectivity index (χ1) is 12.7. The van der Waals surface area contributed by atoms with Crippen LogP contribution in [0.1, 0.15) is 27.9 Å². The van der Waals surface area contributed by atoms with Gasteiger partial charge < -0.3 is 9.88 Å². The molecule has 1 aromatic carbocycles. The van der Waals surface area contributed by atoms with Crippen LogP contribution < -0.4 is 10.7 Å². The molecule has 2 aromatic heterocycles. The van der Waals surface area contributed by atoms with Crippen molar-refractivity contribution in [1.82, 2.24) is 9.88 Å². The second-order valence-electron chi connectivity index (χ2n) is 6.37. The van der Waals surface area contributed by atoms with Gasteiger partial charge in [0.1, 0.15) is 5.69 Å². The summed E-state index contributed by atoms with van der Waals surface area (Å²) in [7, 11) is 0. The van der Waals surface area contributed by atoms with Gasteiger partial charge in [-0.3, -0.25) is 9.59 Å². The Labute approximate surface area is 157 Å². The molecule has 3 aromatic rings. The van der Waals surface area contributed by atoms with Gasteiger partial charge in [-0.1, -0.05) is 17.7 Å². The van der Waals surface area contributed by atoms with Gasteiger partial charge >= 0.3 is 6.18 Å². The first-order valence-electron chi connectivity index (χ1n) is 8.22. The molecule has 0 unspecified atom stereocenters. The average Bonchev–Trinajstić information content (AvgIpc) is 3.11. The van der Waals surface area contributed by atoms with Crippen molar-refractivity contribution in [2.75, 3.05) is 0 Å². The molecule has 0 spiro atoms. The number of benzene rings is 1. The second kappa shape index (κ2) is 7.19. The average molecular weight is 394 g/mol. The summed E-state index contributed by atoms with van der Waals surface area (Å²) in [6, 6.07) is 8.16. The van der Waals surface area contributed by atoms with Crippen LogP contribution in [0.4, 0.5) is 13.2 Å². The van der Waals surface area contributed by atoms with Crippen molar-refractivity contribution in [2.45, 2.75) is 32.6 Å². The van der Waals surface area contributed by atoms with E-state index in [4.69, 9.17) is 0 Å². The zero-order chi connectivity index (χ0) is 19.8. The third-order valence-electron chi connectivity index (χ3n) is 4.14. The number of hydrogen-bond donors (Lipinski definition) is 1. The van der Waals surface area contributed by atoms with E-state index in [1.54, 1.807) is 43.5 Å². The van der Waals surface area contributed by atoms with E-state index in [2.05, 4.69) is 5.32 Å². The number of nitrogens with one attached hydrogen (secondary N) is 1. The van der Waals surface area contributed by atoms with E-state index in [0.717, 1.165) is 10.1 Å². The maximum Gasteiger partial charge on any atom is 0.431 e. The van der Waals surface area contributed by atoms with Crippen molar-refractivity contribution >= 4 is 28.1 Å². The molecule has 2 heterocycles. The van der Waals surface area contributed by atoms with Crippen LogP contribution in [0.25, 0.3) is 10.9 Å².